The first-order valence-corrected chi connectivity index (χ1v) is 6.51. The van der Waals surface area contributed by atoms with Crippen LogP contribution in [0.5, 0.6) is 0 Å². The summed E-state index contributed by atoms with van der Waals surface area (Å²) >= 11 is 5.81. The number of carbonyl (C=O) groups excluding carboxylic acids is 1. The van der Waals surface area contributed by atoms with E-state index >= 15 is 0 Å². The fourth-order valence-corrected chi connectivity index (χ4v) is 2.55. The summed E-state index contributed by atoms with van der Waals surface area (Å²) in [6.07, 6.45) is 2.94. The van der Waals surface area contributed by atoms with Gasteiger partial charge < -0.3 is 5.11 Å². The fourth-order valence-electron chi connectivity index (χ4n) is 2.43. The van der Waals surface area contributed by atoms with Gasteiger partial charge in [0, 0.05) is 10.4 Å². The molecule has 1 aromatic rings. The van der Waals surface area contributed by atoms with E-state index in [-0.39, 0.29) is 12.2 Å². The van der Waals surface area contributed by atoms with Crippen molar-refractivity contribution in [2.75, 3.05) is 0 Å². The van der Waals surface area contributed by atoms with E-state index in [0.717, 1.165) is 5.56 Å². The van der Waals surface area contributed by atoms with Crippen LogP contribution in [0.4, 0.5) is 0 Å². The zero-order valence-electron chi connectivity index (χ0n) is 10.6. The Morgan fingerprint density at radius 2 is 2.05 bits per heavy atom. The highest BCUT2D eigenvalue weighted by Gasteiger charge is 2.42. The lowest BCUT2D eigenvalue weighted by molar-refractivity contribution is -0.142. The molecule has 4 heteroatoms. The van der Waals surface area contributed by atoms with Gasteiger partial charge in [-0.1, -0.05) is 30.7 Å². The summed E-state index contributed by atoms with van der Waals surface area (Å²) in [4.78, 5) is 23.1. The molecule has 3 nitrogen and oxygen atoms in total. The smallest absolute Gasteiger partial charge is 0.304 e. The van der Waals surface area contributed by atoms with Gasteiger partial charge in [0.2, 0.25) is 0 Å². The number of carbonyl (C=O) groups is 2. The molecule has 100 valence electrons. The van der Waals surface area contributed by atoms with Crippen LogP contribution in [0.15, 0.2) is 29.8 Å². The molecule has 1 unspecified atom stereocenters. The second kappa shape index (κ2) is 5.17. The van der Waals surface area contributed by atoms with Crippen LogP contribution in [0.25, 0.3) is 6.08 Å². The molecule has 19 heavy (non-hydrogen) atoms. The average molecular weight is 279 g/mol. The third-order valence-corrected chi connectivity index (χ3v) is 3.79. The molecule has 1 N–H and O–H groups in total. The number of halogens is 1. The van der Waals surface area contributed by atoms with E-state index in [1.54, 1.807) is 19.1 Å². The van der Waals surface area contributed by atoms with Crippen molar-refractivity contribution < 1.29 is 14.7 Å². The maximum Gasteiger partial charge on any atom is 0.304 e. The zero-order chi connectivity index (χ0) is 14.0. The number of hydrogen-bond donors (Lipinski definition) is 1. The Balaban J connectivity index is 2.22. The molecule has 1 atom stereocenters. The Kier molecular flexibility index (Phi) is 3.76. The van der Waals surface area contributed by atoms with Crippen molar-refractivity contribution in [3.05, 3.63) is 40.4 Å². The van der Waals surface area contributed by atoms with Gasteiger partial charge in [-0.15, -0.1) is 0 Å². The molecule has 0 heterocycles. The van der Waals surface area contributed by atoms with Crippen LogP contribution in [-0.4, -0.2) is 16.9 Å². The summed E-state index contributed by atoms with van der Waals surface area (Å²) in [6.45, 7) is 1.73. The quantitative estimate of drug-likeness (QED) is 0.860. The number of benzene rings is 1. The van der Waals surface area contributed by atoms with E-state index in [1.807, 2.05) is 18.2 Å². The minimum Gasteiger partial charge on any atom is -0.481 e. The van der Waals surface area contributed by atoms with E-state index in [2.05, 4.69) is 0 Å². The summed E-state index contributed by atoms with van der Waals surface area (Å²) in [5.74, 6) is -0.978. The molecule has 1 aliphatic rings. The summed E-state index contributed by atoms with van der Waals surface area (Å²) in [7, 11) is 0. The van der Waals surface area contributed by atoms with Crippen molar-refractivity contribution in [3.8, 4) is 0 Å². The SMILES string of the molecule is CC1(CC(=O)O)CC/C(=C\c2ccc(Cl)cc2)C1=O. The average Bonchev–Trinajstić information content (AvgIpc) is 2.59. The van der Waals surface area contributed by atoms with E-state index in [0.29, 0.717) is 23.4 Å². The fraction of sp³-hybridized carbons (Fsp3) is 0.333. The van der Waals surface area contributed by atoms with Crippen molar-refractivity contribution in [3.63, 3.8) is 0 Å². The zero-order valence-corrected chi connectivity index (χ0v) is 11.4. The molecular formula is C15H15ClO3. The molecule has 0 bridgehead atoms. The van der Waals surface area contributed by atoms with Crippen molar-refractivity contribution in [1.29, 1.82) is 0 Å². The van der Waals surface area contributed by atoms with E-state index in [1.165, 1.54) is 0 Å². The van der Waals surface area contributed by atoms with E-state index in [9.17, 15) is 9.59 Å². The minimum atomic E-state index is -0.927. The first-order valence-electron chi connectivity index (χ1n) is 6.13. The lowest BCUT2D eigenvalue weighted by atomic mass is 9.84. The lowest BCUT2D eigenvalue weighted by Gasteiger charge is -2.18. The van der Waals surface area contributed by atoms with Gasteiger partial charge in [-0.3, -0.25) is 9.59 Å². The summed E-state index contributed by atoms with van der Waals surface area (Å²) in [5.41, 5.74) is 0.850. The van der Waals surface area contributed by atoms with Gasteiger partial charge in [0.1, 0.15) is 0 Å². The molecule has 0 aromatic heterocycles. The van der Waals surface area contributed by atoms with Crippen LogP contribution < -0.4 is 0 Å². The number of ketones is 1. The molecule has 2 rings (SSSR count). The molecule has 0 radical (unpaired) electrons. The van der Waals surface area contributed by atoms with Crippen LogP contribution in [0.3, 0.4) is 0 Å². The minimum absolute atomic E-state index is 0.0511. The van der Waals surface area contributed by atoms with Crippen LogP contribution >= 0.6 is 11.6 Å². The molecule has 1 fully saturated rings. The van der Waals surface area contributed by atoms with Crippen molar-refractivity contribution in [2.24, 2.45) is 5.41 Å². The molecule has 1 saturated carbocycles. The predicted molar refractivity (Wildman–Crippen MR) is 74.0 cm³/mol. The van der Waals surface area contributed by atoms with Gasteiger partial charge in [-0.05, 0) is 42.2 Å². The Morgan fingerprint density at radius 3 is 2.63 bits per heavy atom. The summed E-state index contributed by atoms with van der Waals surface area (Å²) in [5, 5.41) is 9.53. The number of allylic oxidation sites excluding steroid dienone is 1. The van der Waals surface area contributed by atoms with E-state index < -0.39 is 11.4 Å². The van der Waals surface area contributed by atoms with Crippen molar-refractivity contribution in [1.82, 2.24) is 0 Å². The normalized spacial score (nSPS) is 24.9. The number of hydrogen-bond acceptors (Lipinski definition) is 2. The lowest BCUT2D eigenvalue weighted by Crippen LogP contribution is -2.25. The molecule has 1 aliphatic carbocycles. The van der Waals surface area contributed by atoms with Crippen LogP contribution in [0.1, 0.15) is 31.7 Å². The molecule has 0 aliphatic heterocycles. The molecule has 0 saturated heterocycles. The van der Waals surface area contributed by atoms with Crippen molar-refractivity contribution >= 4 is 29.4 Å². The highest BCUT2D eigenvalue weighted by Crippen LogP contribution is 2.41. The Labute approximate surface area is 116 Å². The number of rotatable bonds is 3. The van der Waals surface area contributed by atoms with Gasteiger partial charge >= 0.3 is 5.97 Å². The maximum atomic E-state index is 12.3. The monoisotopic (exact) mass is 278 g/mol. The second-order valence-corrected chi connectivity index (χ2v) is 5.62. The van der Waals surface area contributed by atoms with Gasteiger partial charge in [0.15, 0.2) is 5.78 Å². The Bertz CT molecular complexity index is 545. The first-order chi connectivity index (χ1) is 8.90. The highest BCUT2D eigenvalue weighted by atomic mass is 35.5. The third-order valence-electron chi connectivity index (χ3n) is 3.54. The Hall–Kier alpha value is -1.61. The highest BCUT2D eigenvalue weighted by molar-refractivity contribution is 6.30. The van der Waals surface area contributed by atoms with E-state index in [4.69, 9.17) is 16.7 Å². The molecule has 1 aromatic carbocycles. The number of Topliss-reactive ketones (excluding diaryl/α,β-unsaturated/α-hetero) is 1. The molecular weight excluding hydrogens is 264 g/mol. The Morgan fingerprint density at radius 1 is 1.42 bits per heavy atom. The molecule has 0 amide bonds. The van der Waals surface area contributed by atoms with Gasteiger partial charge in [0.05, 0.1) is 6.42 Å². The predicted octanol–water partition coefficient (Wildman–Crippen LogP) is 3.57. The van der Waals surface area contributed by atoms with Crippen LogP contribution in [0, 0.1) is 5.41 Å². The first kappa shape index (κ1) is 13.8. The summed E-state index contributed by atoms with van der Waals surface area (Å²) < 4.78 is 0. The topological polar surface area (TPSA) is 54.4 Å². The van der Waals surface area contributed by atoms with Crippen LogP contribution in [-0.2, 0) is 9.59 Å². The van der Waals surface area contributed by atoms with Crippen LogP contribution in [0.2, 0.25) is 5.02 Å². The number of carboxylic acid groups (broad SMARTS) is 1. The second-order valence-electron chi connectivity index (χ2n) is 5.18. The van der Waals surface area contributed by atoms with Gasteiger partial charge in [0.25, 0.3) is 0 Å². The summed E-state index contributed by atoms with van der Waals surface area (Å²) in [6, 6.07) is 7.22. The molecule has 0 spiro atoms. The van der Waals surface area contributed by atoms with Crippen molar-refractivity contribution in [2.45, 2.75) is 26.2 Å². The number of aliphatic carboxylic acids is 1. The number of carboxylic acids is 1. The third kappa shape index (κ3) is 3.04. The van der Waals surface area contributed by atoms with Gasteiger partial charge in [-0.2, -0.15) is 0 Å². The standard InChI is InChI=1S/C15H15ClO3/c1-15(9-13(17)18)7-6-11(14(15)19)8-10-2-4-12(16)5-3-10/h2-5,8H,6-7,9H2,1H3,(H,17,18)/b11-8+. The van der Waals surface area contributed by atoms with Gasteiger partial charge in [-0.25, -0.2) is 0 Å². The maximum absolute atomic E-state index is 12.3. The largest absolute Gasteiger partial charge is 0.481 e.